The minimum absolute atomic E-state index is 0.0244. The molecule has 124 valence electrons. The standard InChI is InChI=1S/C16H22N4O3/c1-20(2)13(14-7-5-9-23-14)11-19-16(21)18-10-12-6-4-8-17-15(12)22-3/h4-9,13H,10-11H2,1-3H3,(H2,18,19,21)/t13-/m0/s1. The molecule has 2 rings (SSSR count). The van der Waals surface area contributed by atoms with E-state index in [1.807, 2.05) is 37.2 Å². The average molecular weight is 318 g/mol. The number of nitrogens with zero attached hydrogens (tertiary/aromatic N) is 2. The Morgan fingerprint density at radius 3 is 2.83 bits per heavy atom. The highest BCUT2D eigenvalue weighted by Gasteiger charge is 2.17. The zero-order valence-corrected chi connectivity index (χ0v) is 13.6. The van der Waals surface area contributed by atoms with Crippen molar-refractivity contribution in [2.75, 3.05) is 27.7 Å². The van der Waals surface area contributed by atoms with Crippen LogP contribution in [0.1, 0.15) is 17.4 Å². The molecule has 2 heterocycles. The average Bonchev–Trinajstić information content (AvgIpc) is 3.07. The molecule has 0 aliphatic heterocycles. The van der Waals surface area contributed by atoms with Gasteiger partial charge in [0.25, 0.3) is 0 Å². The van der Waals surface area contributed by atoms with Gasteiger partial charge >= 0.3 is 6.03 Å². The summed E-state index contributed by atoms with van der Waals surface area (Å²) >= 11 is 0. The maximum absolute atomic E-state index is 12.0. The van der Waals surface area contributed by atoms with Crippen molar-refractivity contribution in [3.8, 4) is 5.88 Å². The normalized spacial score (nSPS) is 12.0. The van der Waals surface area contributed by atoms with E-state index in [-0.39, 0.29) is 12.1 Å². The van der Waals surface area contributed by atoms with E-state index in [1.165, 1.54) is 0 Å². The van der Waals surface area contributed by atoms with Crippen molar-refractivity contribution in [3.63, 3.8) is 0 Å². The van der Waals surface area contributed by atoms with Gasteiger partial charge < -0.3 is 19.8 Å². The van der Waals surface area contributed by atoms with Gasteiger partial charge in [0, 0.05) is 24.8 Å². The molecular weight excluding hydrogens is 296 g/mol. The number of likely N-dealkylation sites (N-methyl/N-ethyl adjacent to an activating group) is 1. The van der Waals surface area contributed by atoms with Crippen LogP contribution < -0.4 is 15.4 Å². The van der Waals surface area contributed by atoms with Gasteiger partial charge in [-0.1, -0.05) is 6.07 Å². The molecule has 0 fully saturated rings. The Hall–Kier alpha value is -2.54. The third kappa shape index (κ3) is 4.72. The van der Waals surface area contributed by atoms with Gasteiger partial charge in [-0.3, -0.25) is 4.90 Å². The monoisotopic (exact) mass is 318 g/mol. The van der Waals surface area contributed by atoms with Crippen LogP contribution in [0.5, 0.6) is 5.88 Å². The first-order valence-corrected chi connectivity index (χ1v) is 7.31. The second-order valence-electron chi connectivity index (χ2n) is 5.23. The predicted octanol–water partition coefficient (Wildman–Crippen LogP) is 1.79. The lowest BCUT2D eigenvalue weighted by atomic mass is 10.2. The molecule has 2 aromatic heterocycles. The van der Waals surface area contributed by atoms with Gasteiger partial charge in [-0.05, 0) is 32.3 Å². The molecule has 1 atom stereocenters. The number of aromatic nitrogens is 1. The van der Waals surface area contributed by atoms with Gasteiger partial charge in [0.2, 0.25) is 5.88 Å². The van der Waals surface area contributed by atoms with Gasteiger partial charge in [0.1, 0.15) is 5.76 Å². The van der Waals surface area contributed by atoms with Crippen LogP contribution in [0, 0.1) is 0 Å². The summed E-state index contributed by atoms with van der Waals surface area (Å²) in [4.78, 5) is 18.1. The highest BCUT2D eigenvalue weighted by atomic mass is 16.5. The Balaban J connectivity index is 1.85. The van der Waals surface area contributed by atoms with E-state index >= 15 is 0 Å². The molecule has 23 heavy (non-hydrogen) atoms. The number of carbonyl (C=O) groups is 1. The second-order valence-corrected chi connectivity index (χ2v) is 5.23. The predicted molar refractivity (Wildman–Crippen MR) is 86.2 cm³/mol. The molecule has 0 aliphatic carbocycles. The largest absolute Gasteiger partial charge is 0.481 e. The molecule has 0 unspecified atom stereocenters. The maximum atomic E-state index is 12.0. The van der Waals surface area contributed by atoms with E-state index in [0.29, 0.717) is 19.0 Å². The van der Waals surface area contributed by atoms with Crippen molar-refractivity contribution in [2.24, 2.45) is 0 Å². The van der Waals surface area contributed by atoms with Crippen LogP contribution >= 0.6 is 0 Å². The Labute approximate surface area is 135 Å². The zero-order valence-electron chi connectivity index (χ0n) is 13.6. The van der Waals surface area contributed by atoms with Crippen LogP contribution in [0.25, 0.3) is 0 Å². The summed E-state index contributed by atoms with van der Waals surface area (Å²) in [5.41, 5.74) is 0.820. The van der Waals surface area contributed by atoms with E-state index in [0.717, 1.165) is 11.3 Å². The molecule has 0 radical (unpaired) electrons. The lowest BCUT2D eigenvalue weighted by Gasteiger charge is -2.22. The summed E-state index contributed by atoms with van der Waals surface area (Å²) in [5.74, 6) is 1.32. The van der Waals surface area contributed by atoms with Gasteiger partial charge in [-0.15, -0.1) is 0 Å². The van der Waals surface area contributed by atoms with Gasteiger partial charge in [0.15, 0.2) is 0 Å². The molecule has 2 N–H and O–H groups in total. The van der Waals surface area contributed by atoms with Crippen molar-refractivity contribution >= 4 is 6.03 Å². The SMILES string of the molecule is COc1ncccc1CNC(=O)NC[C@@H](c1ccco1)N(C)C. The van der Waals surface area contributed by atoms with Crippen molar-refractivity contribution < 1.29 is 13.9 Å². The fourth-order valence-electron chi connectivity index (χ4n) is 2.19. The second kappa shape index (κ2) is 8.19. The van der Waals surface area contributed by atoms with Crippen LogP contribution in [0.15, 0.2) is 41.1 Å². The molecule has 0 saturated carbocycles. The number of ether oxygens (including phenoxy) is 1. The Bertz CT molecular complexity index is 614. The van der Waals surface area contributed by atoms with Crippen LogP contribution in [0.4, 0.5) is 4.79 Å². The van der Waals surface area contributed by atoms with Crippen LogP contribution in [-0.4, -0.2) is 43.7 Å². The summed E-state index contributed by atoms with van der Waals surface area (Å²) in [7, 11) is 5.43. The highest BCUT2D eigenvalue weighted by molar-refractivity contribution is 5.73. The minimum atomic E-state index is -0.255. The molecule has 2 aromatic rings. The molecule has 7 nitrogen and oxygen atoms in total. The van der Waals surface area contributed by atoms with Crippen LogP contribution in [-0.2, 0) is 6.54 Å². The summed E-state index contributed by atoms with van der Waals surface area (Å²) in [5, 5.41) is 5.64. The number of amides is 2. The number of urea groups is 1. The minimum Gasteiger partial charge on any atom is -0.481 e. The van der Waals surface area contributed by atoms with E-state index in [9.17, 15) is 4.79 Å². The quantitative estimate of drug-likeness (QED) is 0.813. The molecular formula is C16H22N4O3. The van der Waals surface area contributed by atoms with Gasteiger partial charge in [0.05, 0.1) is 19.4 Å². The third-order valence-electron chi connectivity index (χ3n) is 3.43. The molecule has 7 heteroatoms. The van der Waals surface area contributed by atoms with Crippen molar-refractivity contribution in [2.45, 2.75) is 12.6 Å². The van der Waals surface area contributed by atoms with Crippen molar-refractivity contribution in [1.29, 1.82) is 0 Å². The fourth-order valence-corrected chi connectivity index (χ4v) is 2.19. The van der Waals surface area contributed by atoms with Crippen LogP contribution in [0.3, 0.4) is 0 Å². The number of carbonyl (C=O) groups excluding carboxylic acids is 1. The van der Waals surface area contributed by atoms with E-state index < -0.39 is 0 Å². The first kappa shape index (κ1) is 16.8. The van der Waals surface area contributed by atoms with E-state index in [1.54, 1.807) is 25.6 Å². The summed E-state index contributed by atoms with van der Waals surface area (Å²) < 4.78 is 10.6. The summed E-state index contributed by atoms with van der Waals surface area (Å²) in [6, 6.07) is 7.11. The summed E-state index contributed by atoms with van der Waals surface area (Å²) in [6.07, 6.45) is 3.27. The third-order valence-corrected chi connectivity index (χ3v) is 3.43. The number of hydrogen-bond donors (Lipinski definition) is 2. The van der Waals surface area contributed by atoms with E-state index in [2.05, 4.69) is 15.6 Å². The van der Waals surface area contributed by atoms with Crippen molar-refractivity contribution in [1.82, 2.24) is 20.5 Å². The topological polar surface area (TPSA) is 79.6 Å². The lowest BCUT2D eigenvalue weighted by molar-refractivity contribution is 0.225. The van der Waals surface area contributed by atoms with Crippen molar-refractivity contribution in [3.05, 3.63) is 48.0 Å². The fraction of sp³-hybridized carbons (Fsp3) is 0.375. The number of nitrogens with one attached hydrogen (secondary N) is 2. The first-order chi connectivity index (χ1) is 11.1. The molecule has 0 aromatic carbocycles. The number of hydrogen-bond acceptors (Lipinski definition) is 5. The zero-order chi connectivity index (χ0) is 16.7. The smallest absolute Gasteiger partial charge is 0.315 e. The first-order valence-electron chi connectivity index (χ1n) is 7.31. The molecule has 0 saturated heterocycles. The number of pyridine rings is 1. The summed E-state index contributed by atoms with van der Waals surface area (Å²) in [6.45, 7) is 0.784. The Morgan fingerprint density at radius 1 is 1.35 bits per heavy atom. The van der Waals surface area contributed by atoms with Gasteiger partial charge in [-0.2, -0.15) is 0 Å². The highest BCUT2D eigenvalue weighted by Crippen LogP contribution is 2.17. The molecule has 0 spiro atoms. The maximum Gasteiger partial charge on any atom is 0.315 e. The Morgan fingerprint density at radius 2 is 2.17 bits per heavy atom. The van der Waals surface area contributed by atoms with Gasteiger partial charge in [-0.25, -0.2) is 9.78 Å². The molecule has 2 amide bonds. The van der Waals surface area contributed by atoms with Crippen LogP contribution in [0.2, 0.25) is 0 Å². The number of furan rings is 1. The lowest BCUT2D eigenvalue weighted by Crippen LogP contribution is -2.40. The molecule has 0 bridgehead atoms. The number of methoxy groups -OCH3 is 1. The number of rotatable bonds is 7. The molecule has 0 aliphatic rings. The Kier molecular flexibility index (Phi) is 5.99. The van der Waals surface area contributed by atoms with E-state index in [4.69, 9.17) is 9.15 Å².